The van der Waals surface area contributed by atoms with Crippen LogP contribution in [0.25, 0.3) is 0 Å². The van der Waals surface area contributed by atoms with Gasteiger partial charge in [-0.3, -0.25) is 13.9 Å². The number of nitrogens with zero attached hydrogens (tertiary/aromatic N) is 2. The monoisotopic (exact) mass is 649 g/mol. The third kappa shape index (κ3) is 8.34. The van der Waals surface area contributed by atoms with Crippen molar-refractivity contribution < 1.29 is 27.5 Å². The predicted molar refractivity (Wildman–Crippen MR) is 170 cm³/mol. The van der Waals surface area contributed by atoms with Crippen molar-refractivity contribution in [1.82, 2.24) is 10.2 Å². The van der Waals surface area contributed by atoms with Crippen LogP contribution in [0.15, 0.2) is 65.6 Å². The Labute approximate surface area is 263 Å². The molecule has 0 spiro atoms. The summed E-state index contributed by atoms with van der Waals surface area (Å²) in [6, 6.07) is 14.8. The van der Waals surface area contributed by atoms with Gasteiger partial charge in [0.1, 0.15) is 12.6 Å². The lowest BCUT2D eigenvalue weighted by Crippen LogP contribution is -2.53. The van der Waals surface area contributed by atoms with Crippen molar-refractivity contribution in [3.8, 4) is 11.5 Å². The van der Waals surface area contributed by atoms with E-state index in [1.165, 1.54) is 43.4 Å². The molecule has 0 aliphatic rings. The molecule has 232 valence electrons. The Morgan fingerprint density at radius 3 is 2.12 bits per heavy atom. The van der Waals surface area contributed by atoms with Gasteiger partial charge in [0, 0.05) is 18.7 Å². The minimum Gasteiger partial charge on any atom is -0.493 e. The lowest BCUT2D eigenvalue weighted by molar-refractivity contribution is -0.140. The van der Waals surface area contributed by atoms with Crippen LogP contribution >= 0.6 is 23.2 Å². The SMILES string of the molecule is CCC(C(=O)NC(C)C)N(Cc1ccc(Cl)c(Cl)c1)C(=O)CN(c1ccc(OC)c(OC)c1)S(=O)(=O)c1ccc(C)cc1. The Hall–Kier alpha value is -3.47. The number of carbonyl (C=O) groups excluding carboxylic acids is 2. The Kier molecular flexibility index (Phi) is 11.7. The molecule has 3 rings (SSSR count). The van der Waals surface area contributed by atoms with Crippen LogP contribution in [0.4, 0.5) is 5.69 Å². The number of hydrogen-bond acceptors (Lipinski definition) is 6. The van der Waals surface area contributed by atoms with Gasteiger partial charge in [-0.05, 0) is 69.2 Å². The summed E-state index contributed by atoms with van der Waals surface area (Å²) in [4.78, 5) is 28.9. The number of halogens is 2. The number of rotatable bonds is 13. The maximum Gasteiger partial charge on any atom is 0.264 e. The third-order valence-corrected chi connectivity index (χ3v) is 9.22. The first kappa shape index (κ1) is 34.0. The number of anilines is 1. The second-order valence-electron chi connectivity index (χ2n) is 10.2. The number of hydrogen-bond donors (Lipinski definition) is 1. The molecule has 0 bridgehead atoms. The van der Waals surface area contributed by atoms with Gasteiger partial charge in [-0.25, -0.2) is 8.42 Å². The van der Waals surface area contributed by atoms with Crippen molar-refractivity contribution in [2.75, 3.05) is 25.1 Å². The normalized spacial score (nSPS) is 12.0. The first-order valence-corrected chi connectivity index (χ1v) is 15.9. The minimum atomic E-state index is -4.25. The minimum absolute atomic E-state index is 0.00121. The fourth-order valence-corrected chi connectivity index (χ4v) is 6.21. The van der Waals surface area contributed by atoms with E-state index in [0.717, 1.165) is 9.87 Å². The number of nitrogens with one attached hydrogen (secondary N) is 1. The van der Waals surface area contributed by atoms with Crippen molar-refractivity contribution in [3.05, 3.63) is 81.8 Å². The topological polar surface area (TPSA) is 105 Å². The summed E-state index contributed by atoms with van der Waals surface area (Å²) in [6.07, 6.45) is 0.284. The quantitative estimate of drug-likeness (QED) is 0.249. The van der Waals surface area contributed by atoms with E-state index >= 15 is 0 Å². The van der Waals surface area contributed by atoms with Gasteiger partial charge in [-0.1, -0.05) is 53.9 Å². The van der Waals surface area contributed by atoms with Crippen molar-refractivity contribution in [2.24, 2.45) is 0 Å². The Morgan fingerprint density at radius 2 is 1.56 bits per heavy atom. The standard InChI is InChI=1S/C31H37Cl2N3O6S/c1-7-27(31(38)34-20(2)3)35(18-22-10-14-25(32)26(33)16-22)30(37)19-36(23-11-15-28(41-5)29(17-23)42-6)43(39,40)24-12-8-21(4)9-13-24/h8-17,20,27H,7,18-19H2,1-6H3,(H,34,38). The van der Waals surface area contributed by atoms with E-state index in [2.05, 4.69) is 5.32 Å². The summed E-state index contributed by atoms with van der Waals surface area (Å²) in [5, 5.41) is 3.50. The highest BCUT2D eigenvalue weighted by atomic mass is 35.5. The maximum absolute atomic E-state index is 14.2. The zero-order valence-electron chi connectivity index (χ0n) is 25.1. The molecule has 43 heavy (non-hydrogen) atoms. The van der Waals surface area contributed by atoms with Crippen LogP contribution in [0.2, 0.25) is 10.0 Å². The molecular weight excluding hydrogens is 613 g/mol. The van der Waals surface area contributed by atoms with Gasteiger partial charge in [0.25, 0.3) is 10.0 Å². The van der Waals surface area contributed by atoms with E-state index in [1.807, 2.05) is 20.8 Å². The number of sulfonamides is 1. The molecule has 1 atom stereocenters. The molecule has 0 fully saturated rings. The summed E-state index contributed by atoms with van der Waals surface area (Å²) >= 11 is 12.4. The van der Waals surface area contributed by atoms with E-state index in [-0.39, 0.29) is 41.2 Å². The molecule has 0 aromatic heterocycles. The average molecular weight is 651 g/mol. The van der Waals surface area contributed by atoms with E-state index in [4.69, 9.17) is 32.7 Å². The molecule has 12 heteroatoms. The van der Waals surface area contributed by atoms with Gasteiger partial charge in [-0.15, -0.1) is 0 Å². The van der Waals surface area contributed by atoms with Gasteiger partial charge >= 0.3 is 0 Å². The molecule has 2 amide bonds. The van der Waals surface area contributed by atoms with Crippen LogP contribution in [0, 0.1) is 6.92 Å². The first-order valence-electron chi connectivity index (χ1n) is 13.7. The number of methoxy groups -OCH3 is 2. The first-order chi connectivity index (χ1) is 20.3. The molecule has 3 aromatic rings. The summed E-state index contributed by atoms with van der Waals surface area (Å²) in [5.41, 5.74) is 1.68. The third-order valence-electron chi connectivity index (χ3n) is 6.70. The van der Waals surface area contributed by atoms with E-state index in [1.54, 1.807) is 43.3 Å². The average Bonchev–Trinajstić information content (AvgIpc) is 2.96. The van der Waals surface area contributed by atoms with Crippen LogP contribution in [0.1, 0.15) is 38.3 Å². The van der Waals surface area contributed by atoms with Crippen LogP contribution < -0.4 is 19.1 Å². The van der Waals surface area contributed by atoms with Gasteiger partial charge in [-0.2, -0.15) is 0 Å². The maximum atomic E-state index is 14.2. The number of ether oxygens (including phenoxy) is 2. The number of benzene rings is 3. The molecule has 0 aliphatic heterocycles. The van der Waals surface area contributed by atoms with Crippen LogP contribution in [-0.2, 0) is 26.2 Å². The van der Waals surface area contributed by atoms with Gasteiger partial charge in [0.2, 0.25) is 11.8 Å². The van der Waals surface area contributed by atoms with Crippen molar-refractivity contribution in [2.45, 2.75) is 57.6 Å². The Bertz CT molecular complexity index is 1550. The highest BCUT2D eigenvalue weighted by molar-refractivity contribution is 7.92. The second kappa shape index (κ2) is 14.8. The molecule has 1 unspecified atom stereocenters. The molecule has 0 saturated heterocycles. The fourth-order valence-electron chi connectivity index (χ4n) is 4.48. The molecule has 9 nitrogen and oxygen atoms in total. The highest BCUT2D eigenvalue weighted by Gasteiger charge is 2.34. The lowest BCUT2D eigenvalue weighted by atomic mass is 10.1. The van der Waals surface area contributed by atoms with Crippen molar-refractivity contribution in [1.29, 1.82) is 0 Å². The Balaban J connectivity index is 2.13. The summed E-state index contributed by atoms with van der Waals surface area (Å²) in [5.74, 6) is -0.276. The van der Waals surface area contributed by atoms with Gasteiger partial charge < -0.3 is 19.7 Å². The largest absolute Gasteiger partial charge is 0.493 e. The number of carbonyl (C=O) groups is 2. The van der Waals surface area contributed by atoms with Crippen LogP contribution in [-0.4, -0.2) is 58.0 Å². The second-order valence-corrected chi connectivity index (χ2v) is 12.9. The van der Waals surface area contributed by atoms with Gasteiger partial charge in [0.05, 0.1) is 34.8 Å². The Morgan fingerprint density at radius 1 is 0.907 bits per heavy atom. The van der Waals surface area contributed by atoms with Crippen LogP contribution in [0.3, 0.4) is 0 Å². The van der Waals surface area contributed by atoms with E-state index in [0.29, 0.717) is 21.4 Å². The summed E-state index contributed by atoms with van der Waals surface area (Å²) in [6.45, 7) is 6.67. The predicted octanol–water partition coefficient (Wildman–Crippen LogP) is 5.85. The van der Waals surface area contributed by atoms with E-state index < -0.39 is 28.5 Å². The summed E-state index contributed by atoms with van der Waals surface area (Å²) < 4.78 is 39.9. The molecule has 0 aliphatic carbocycles. The molecule has 0 radical (unpaired) electrons. The fraction of sp³-hybridized carbons (Fsp3) is 0.355. The van der Waals surface area contributed by atoms with Crippen LogP contribution in [0.5, 0.6) is 11.5 Å². The molecule has 0 saturated carbocycles. The van der Waals surface area contributed by atoms with Gasteiger partial charge in [0.15, 0.2) is 11.5 Å². The molecular formula is C31H37Cl2N3O6S. The summed E-state index contributed by atoms with van der Waals surface area (Å²) in [7, 11) is -1.35. The zero-order valence-corrected chi connectivity index (χ0v) is 27.4. The number of aryl methyl sites for hydroxylation is 1. The molecule has 1 N–H and O–H groups in total. The lowest BCUT2D eigenvalue weighted by Gasteiger charge is -2.33. The molecule has 3 aromatic carbocycles. The van der Waals surface area contributed by atoms with Crippen molar-refractivity contribution in [3.63, 3.8) is 0 Å². The smallest absolute Gasteiger partial charge is 0.264 e. The number of amides is 2. The van der Waals surface area contributed by atoms with E-state index in [9.17, 15) is 18.0 Å². The van der Waals surface area contributed by atoms with Crippen molar-refractivity contribution >= 4 is 50.7 Å². The zero-order chi connectivity index (χ0) is 31.9. The highest BCUT2D eigenvalue weighted by Crippen LogP contribution is 2.34. The molecule has 0 heterocycles.